The molecule has 0 saturated carbocycles. The predicted octanol–water partition coefficient (Wildman–Crippen LogP) is 2.34. The van der Waals surface area contributed by atoms with Crippen molar-refractivity contribution in [2.24, 2.45) is 0 Å². The van der Waals surface area contributed by atoms with E-state index in [1.807, 2.05) is 17.0 Å². The first-order valence-corrected chi connectivity index (χ1v) is 7.32. The van der Waals surface area contributed by atoms with E-state index in [2.05, 4.69) is 11.2 Å². The molecule has 0 bridgehead atoms. The van der Waals surface area contributed by atoms with E-state index in [0.29, 0.717) is 23.8 Å². The van der Waals surface area contributed by atoms with Crippen LogP contribution in [0.15, 0.2) is 28.9 Å². The van der Waals surface area contributed by atoms with Crippen LogP contribution in [0.2, 0.25) is 0 Å². The fourth-order valence-corrected chi connectivity index (χ4v) is 3.06. The standard InChI is InChI=1S/C16H16N2O4/c1-10-13(7-17-22-10)16(19)18-5-4-12(8-18)11-2-3-14-15(6-11)21-9-20-14/h2-3,6-7,12H,4-5,8-9H2,1H3. The van der Waals surface area contributed by atoms with Crippen LogP contribution in [0.5, 0.6) is 11.5 Å². The molecule has 6 heteroatoms. The molecule has 0 radical (unpaired) electrons. The maximum atomic E-state index is 12.5. The molecule has 2 aliphatic heterocycles. The zero-order valence-electron chi connectivity index (χ0n) is 12.2. The Labute approximate surface area is 127 Å². The summed E-state index contributed by atoms with van der Waals surface area (Å²) in [6, 6.07) is 6.01. The van der Waals surface area contributed by atoms with Crippen molar-refractivity contribution in [3.63, 3.8) is 0 Å². The molecule has 1 atom stereocenters. The Morgan fingerprint density at radius 3 is 3.00 bits per heavy atom. The van der Waals surface area contributed by atoms with Gasteiger partial charge in [-0.3, -0.25) is 4.79 Å². The Morgan fingerprint density at radius 2 is 2.18 bits per heavy atom. The fourth-order valence-electron chi connectivity index (χ4n) is 3.06. The topological polar surface area (TPSA) is 64.8 Å². The molecule has 0 spiro atoms. The zero-order valence-corrected chi connectivity index (χ0v) is 12.2. The van der Waals surface area contributed by atoms with Gasteiger partial charge in [-0.25, -0.2) is 0 Å². The molecule has 1 aromatic carbocycles. The second kappa shape index (κ2) is 5.05. The summed E-state index contributed by atoms with van der Waals surface area (Å²) in [5, 5.41) is 3.68. The van der Waals surface area contributed by atoms with Gasteiger partial charge in [0.1, 0.15) is 11.3 Å². The highest BCUT2D eigenvalue weighted by Gasteiger charge is 2.30. The van der Waals surface area contributed by atoms with Crippen LogP contribution in [0.3, 0.4) is 0 Å². The highest BCUT2D eigenvalue weighted by molar-refractivity contribution is 5.95. The average Bonchev–Trinajstić information content (AvgIpc) is 3.26. The first-order chi connectivity index (χ1) is 10.7. The molecule has 2 aromatic rings. The number of hydrogen-bond acceptors (Lipinski definition) is 5. The lowest BCUT2D eigenvalue weighted by molar-refractivity contribution is 0.0789. The minimum Gasteiger partial charge on any atom is -0.454 e. The SMILES string of the molecule is Cc1oncc1C(=O)N1CCC(c2ccc3c(c2)OCO3)C1. The van der Waals surface area contributed by atoms with E-state index >= 15 is 0 Å². The van der Waals surface area contributed by atoms with E-state index in [0.717, 1.165) is 24.5 Å². The number of hydrogen-bond donors (Lipinski definition) is 0. The summed E-state index contributed by atoms with van der Waals surface area (Å²) in [6.07, 6.45) is 2.43. The molecule has 4 rings (SSSR count). The van der Waals surface area contributed by atoms with Gasteiger partial charge in [-0.1, -0.05) is 11.2 Å². The molecular formula is C16H16N2O4. The smallest absolute Gasteiger partial charge is 0.259 e. The molecule has 6 nitrogen and oxygen atoms in total. The number of ether oxygens (including phenoxy) is 2. The minimum atomic E-state index is -0.0120. The van der Waals surface area contributed by atoms with Crippen molar-refractivity contribution in [3.05, 3.63) is 41.3 Å². The number of fused-ring (bicyclic) bond motifs is 1. The van der Waals surface area contributed by atoms with Gasteiger partial charge >= 0.3 is 0 Å². The number of amides is 1. The van der Waals surface area contributed by atoms with E-state index in [-0.39, 0.29) is 12.7 Å². The van der Waals surface area contributed by atoms with E-state index < -0.39 is 0 Å². The molecule has 1 fully saturated rings. The number of likely N-dealkylation sites (tertiary alicyclic amines) is 1. The van der Waals surface area contributed by atoms with Gasteiger partial charge in [0, 0.05) is 19.0 Å². The summed E-state index contributed by atoms with van der Waals surface area (Å²) >= 11 is 0. The first-order valence-electron chi connectivity index (χ1n) is 7.32. The van der Waals surface area contributed by atoms with E-state index in [1.165, 1.54) is 11.8 Å². The summed E-state index contributed by atoms with van der Waals surface area (Å²) in [7, 11) is 0. The lowest BCUT2D eigenvalue weighted by Gasteiger charge is -2.16. The van der Waals surface area contributed by atoms with Crippen LogP contribution in [-0.2, 0) is 0 Å². The van der Waals surface area contributed by atoms with Crippen molar-refractivity contribution in [3.8, 4) is 11.5 Å². The van der Waals surface area contributed by atoms with Crippen molar-refractivity contribution in [2.45, 2.75) is 19.3 Å². The maximum Gasteiger partial charge on any atom is 0.259 e. The molecule has 1 amide bonds. The number of carbonyl (C=O) groups is 1. The number of rotatable bonds is 2. The maximum absolute atomic E-state index is 12.5. The normalized spacial score (nSPS) is 19.7. The Bertz CT molecular complexity index is 725. The molecule has 0 N–H and O–H groups in total. The number of aromatic nitrogens is 1. The predicted molar refractivity (Wildman–Crippen MR) is 77.1 cm³/mol. The van der Waals surface area contributed by atoms with Crippen molar-refractivity contribution in [2.75, 3.05) is 19.9 Å². The molecule has 3 heterocycles. The van der Waals surface area contributed by atoms with Gasteiger partial charge in [0.2, 0.25) is 6.79 Å². The summed E-state index contributed by atoms with van der Waals surface area (Å²) in [4.78, 5) is 14.3. The number of benzene rings is 1. The van der Waals surface area contributed by atoms with Gasteiger partial charge in [0.25, 0.3) is 5.91 Å². The van der Waals surface area contributed by atoms with Crippen LogP contribution in [0.1, 0.15) is 34.0 Å². The summed E-state index contributed by atoms with van der Waals surface area (Å²) in [5.41, 5.74) is 1.73. The van der Waals surface area contributed by atoms with Gasteiger partial charge < -0.3 is 18.9 Å². The second-order valence-corrected chi connectivity index (χ2v) is 5.65. The lowest BCUT2D eigenvalue weighted by atomic mass is 9.98. The van der Waals surface area contributed by atoms with Gasteiger partial charge in [0.15, 0.2) is 11.5 Å². The van der Waals surface area contributed by atoms with Crippen molar-refractivity contribution < 1.29 is 18.8 Å². The second-order valence-electron chi connectivity index (χ2n) is 5.65. The third kappa shape index (κ3) is 2.11. The van der Waals surface area contributed by atoms with Gasteiger partial charge in [-0.05, 0) is 31.0 Å². The molecule has 1 saturated heterocycles. The number of carbonyl (C=O) groups excluding carboxylic acids is 1. The van der Waals surface area contributed by atoms with Crippen molar-refractivity contribution in [1.82, 2.24) is 10.1 Å². The fraction of sp³-hybridized carbons (Fsp3) is 0.375. The van der Waals surface area contributed by atoms with Gasteiger partial charge in [-0.15, -0.1) is 0 Å². The first kappa shape index (κ1) is 13.2. The Balaban J connectivity index is 1.51. The molecule has 2 aliphatic rings. The highest BCUT2D eigenvalue weighted by Crippen LogP contribution is 2.37. The number of aryl methyl sites for hydroxylation is 1. The van der Waals surface area contributed by atoms with Crippen LogP contribution in [-0.4, -0.2) is 35.8 Å². The molecule has 0 aliphatic carbocycles. The van der Waals surface area contributed by atoms with Crippen LogP contribution in [0.25, 0.3) is 0 Å². The average molecular weight is 300 g/mol. The Hall–Kier alpha value is -2.50. The zero-order chi connectivity index (χ0) is 15.1. The molecule has 1 aromatic heterocycles. The molecular weight excluding hydrogens is 284 g/mol. The highest BCUT2D eigenvalue weighted by atomic mass is 16.7. The third-order valence-corrected chi connectivity index (χ3v) is 4.32. The molecule has 114 valence electrons. The monoisotopic (exact) mass is 300 g/mol. The third-order valence-electron chi connectivity index (χ3n) is 4.32. The Morgan fingerprint density at radius 1 is 1.32 bits per heavy atom. The Kier molecular flexibility index (Phi) is 3.03. The van der Waals surface area contributed by atoms with Crippen molar-refractivity contribution >= 4 is 5.91 Å². The van der Waals surface area contributed by atoms with Crippen LogP contribution >= 0.6 is 0 Å². The summed E-state index contributed by atoms with van der Waals surface area (Å²) in [5.74, 6) is 2.45. The summed E-state index contributed by atoms with van der Waals surface area (Å²) < 4.78 is 15.7. The van der Waals surface area contributed by atoms with Crippen molar-refractivity contribution in [1.29, 1.82) is 0 Å². The van der Waals surface area contributed by atoms with E-state index in [9.17, 15) is 4.79 Å². The van der Waals surface area contributed by atoms with Gasteiger partial charge in [-0.2, -0.15) is 0 Å². The van der Waals surface area contributed by atoms with Crippen LogP contribution in [0.4, 0.5) is 0 Å². The molecule has 22 heavy (non-hydrogen) atoms. The molecule has 1 unspecified atom stereocenters. The lowest BCUT2D eigenvalue weighted by Crippen LogP contribution is -2.28. The minimum absolute atomic E-state index is 0.0120. The number of nitrogens with zero attached hydrogens (tertiary/aromatic N) is 2. The van der Waals surface area contributed by atoms with Gasteiger partial charge in [0.05, 0.1) is 6.20 Å². The largest absolute Gasteiger partial charge is 0.454 e. The quantitative estimate of drug-likeness (QED) is 0.851. The van der Waals surface area contributed by atoms with E-state index in [4.69, 9.17) is 14.0 Å². The van der Waals surface area contributed by atoms with Crippen LogP contribution < -0.4 is 9.47 Å². The van der Waals surface area contributed by atoms with E-state index in [1.54, 1.807) is 6.92 Å². The summed E-state index contributed by atoms with van der Waals surface area (Å²) in [6.45, 7) is 3.47. The van der Waals surface area contributed by atoms with Crippen LogP contribution in [0, 0.1) is 6.92 Å².